The van der Waals surface area contributed by atoms with Crippen LogP contribution in [0.1, 0.15) is 41.9 Å². The molecule has 122 valence electrons. The predicted octanol–water partition coefficient (Wildman–Crippen LogP) is 3.05. The molecule has 2 aromatic rings. The molecule has 7 heteroatoms. The summed E-state index contributed by atoms with van der Waals surface area (Å²) in [6.07, 6.45) is 0.850. The van der Waals surface area contributed by atoms with Gasteiger partial charge in [-0.2, -0.15) is 5.10 Å². The second-order valence-electron chi connectivity index (χ2n) is 5.33. The fraction of sp³-hybridized carbons (Fsp3) is 0.312. The highest BCUT2D eigenvalue weighted by Crippen LogP contribution is 2.27. The smallest absolute Gasteiger partial charge is 0.270 e. The summed E-state index contributed by atoms with van der Waals surface area (Å²) in [5, 5.41) is 9.64. The summed E-state index contributed by atoms with van der Waals surface area (Å²) in [6.45, 7) is 5.91. The number of hydrogen-bond acceptors (Lipinski definition) is 3. The monoisotopic (exact) mass is 377 g/mol. The minimum absolute atomic E-state index is 0.0849. The summed E-state index contributed by atoms with van der Waals surface area (Å²) in [4.78, 5) is 16.5. The first-order valence-electron chi connectivity index (χ1n) is 7.38. The number of aliphatic imine (C=N–C) groups is 1. The van der Waals surface area contributed by atoms with Gasteiger partial charge in [0.1, 0.15) is 11.5 Å². The van der Waals surface area contributed by atoms with Gasteiger partial charge in [0.25, 0.3) is 5.91 Å². The molecule has 23 heavy (non-hydrogen) atoms. The van der Waals surface area contributed by atoms with Crippen LogP contribution in [0.25, 0.3) is 0 Å². The van der Waals surface area contributed by atoms with E-state index in [-0.39, 0.29) is 11.9 Å². The van der Waals surface area contributed by atoms with E-state index < -0.39 is 0 Å². The first kappa shape index (κ1) is 17.2. The van der Waals surface area contributed by atoms with Crippen LogP contribution < -0.4 is 11.1 Å². The molecular formula is C16H20BrN5O. The molecule has 0 spiro atoms. The number of nitrogens with zero attached hydrogens (tertiary/aromatic N) is 2. The number of nitrogens with one attached hydrogen (secondary N) is 2. The van der Waals surface area contributed by atoms with E-state index in [2.05, 4.69) is 36.4 Å². The van der Waals surface area contributed by atoms with E-state index in [1.165, 1.54) is 0 Å². The molecule has 6 nitrogen and oxygen atoms in total. The molecule has 0 bridgehead atoms. The molecule has 1 amide bonds. The second-order valence-corrected chi connectivity index (χ2v) is 6.12. The first-order chi connectivity index (χ1) is 10.9. The lowest BCUT2D eigenvalue weighted by molar-refractivity contribution is 0.0933. The van der Waals surface area contributed by atoms with Crippen LogP contribution >= 0.6 is 15.9 Å². The lowest BCUT2D eigenvalue weighted by atomic mass is 10.1. The van der Waals surface area contributed by atoms with Crippen molar-refractivity contribution >= 4 is 33.5 Å². The maximum Gasteiger partial charge on any atom is 0.270 e. The second kappa shape index (κ2) is 7.41. The van der Waals surface area contributed by atoms with E-state index in [4.69, 9.17) is 5.73 Å². The van der Waals surface area contributed by atoms with Crippen LogP contribution in [-0.4, -0.2) is 28.0 Å². The zero-order valence-electron chi connectivity index (χ0n) is 13.4. The van der Waals surface area contributed by atoms with Crippen LogP contribution in [0.3, 0.4) is 0 Å². The molecule has 0 aliphatic heterocycles. The predicted molar refractivity (Wildman–Crippen MR) is 95.1 cm³/mol. The van der Waals surface area contributed by atoms with Gasteiger partial charge in [-0.3, -0.25) is 9.89 Å². The van der Waals surface area contributed by atoms with Gasteiger partial charge < -0.3 is 11.1 Å². The summed E-state index contributed by atoms with van der Waals surface area (Å²) in [5.41, 5.74) is 8.26. The number of amidine groups is 1. The molecule has 0 saturated carbocycles. The number of carbonyl (C=O) groups is 1. The Morgan fingerprint density at radius 2 is 2.17 bits per heavy atom. The van der Waals surface area contributed by atoms with Gasteiger partial charge in [0.2, 0.25) is 0 Å². The molecule has 0 fully saturated rings. The van der Waals surface area contributed by atoms with Crippen molar-refractivity contribution in [2.45, 2.75) is 33.2 Å². The zero-order chi connectivity index (χ0) is 17.0. The van der Waals surface area contributed by atoms with Crippen molar-refractivity contribution in [2.24, 2.45) is 10.7 Å². The van der Waals surface area contributed by atoms with Crippen LogP contribution in [-0.2, 0) is 0 Å². The van der Waals surface area contributed by atoms with E-state index in [1.54, 1.807) is 0 Å². The van der Waals surface area contributed by atoms with Crippen molar-refractivity contribution in [3.8, 4) is 0 Å². The topological polar surface area (TPSA) is 96.2 Å². The highest BCUT2D eigenvalue weighted by atomic mass is 79.9. The first-order valence-corrected chi connectivity index (χ1v) is 8.18. The van der Waals surface area contributed by atoms with Gasteiger partial charge in [-0.15, -0.1) is 0 Å². The molecule has 0 aliphatic rings. The van der Waals surface area contributed by atoms with Crippen molar-refractivity contribution in [1.82, 2.24) is 15.5 Å². The molecule has 4 N–H and O–H groups in total. The maximum atomic E-state index is 12.2. The van der Waals surface area contributed by atoms with Crippen molar-refractivity contribution in [3.05, 3.63) is 45.6 Å². The average Bonchev–Trinajstić information content (AvgIpc) is 2.88. The van der Waals surface area contributed by atoms with E-state index >= 15 is 0 Å². The lowest BCUT2D eigenvalue weighted by Crippen LogP contribution is -2.32. The van der Waals surface area contributed by atoms with Crippen LogP contribution in [0.4, 0.5) is 5.82 Å². The van der Waals surface area contributed by atoms with Gasteiger partial charge in [-0.1, -0.05) is 31.2 Å². The summed E-state index contributed by atoms with van der Waals surface area (Å²) < 4.78 is 0.495. The number of rotatable bonds is 5. The number of benzene rings is 1. The SMILES string of the molecule is CCC(C)NC(=O)c1[nH]nc(N=C(N)c2ccccc2C)c1Br. The highest BCUT2D eigenvalue weighted by molar-refractivity contribution is 9.10. The van der Waals surface area contributed by atoms with Crippen molar-refractivity contribution in [2.75, 3.05) is 0 Å². The molecule has 0 radical (unpaired) electrons. The van der Waals surface area contributed by atoms with Crippen LogP contribution in [0.5, 0.6) is 0 Å². The Labute approximate surface area is 143 Å². The van der Waals surface area contributed by atoms with Crippen LogP contribution in [0.2, 0.25) is 0 Å². The minimum Gasteiger partial charge on any atom is -0.383 e. The summed E-state index contributed by atoms with van der Waals surface area (Å²) in [5.74, 6) is 0.471. The number of carbonyl (C=O) groups excluding carboxylic acids is 1. The average molecular weight is 378 g/mol. The van der Waals surface area contributed by atoms with Gasteiger partial charge in [-0.05, 0) is 41.8 Å². The molecule has 1 heterocycles. The molecule has 0 aliphatic carbocycles. The van der Waals surface area contributed by atoms with Crippen LogP contribution in [0, 0.1) is 6.92 Å². The largest absolute Gasteiger partial charge is 0.383 e. The minimum atomic E-state index is -0.227. The van der Waals surface area contributed by atoms with E-state index in [0.29, 0.717) is 21.8 Å². The molecule has 1 atom stereocenters. The molecule has 0 saturated heterocycles. The van der Waals surface area contributed by atoms with Crippen molar-refractivity contribution in [3.63, 3.8) is 0 Å². The summed E-state index contributed by atoms with van der Waals surface area (Å²) in [7, 11) is 0. The van der Waals surface area contributed by atoms with Crippen LogP contribution in [0.15, 0.2) is 33.7 Å². The number of halogens is 1. The molecule has 1 aromatic carbocycles. The number of hydrogen-bond donors (Lipinski definition) is 3. The van der Waals surface area contributed by atoms with E-state index in [1.807, 2.05) is 45.0 Å². The normalized spacial score (nSPS) is 13.0. The molecule has 1 unspecified atom stereocenters. The van der Waals surface area contributed by atoms with Gasteiger partial charge in [0, 0.05) is 11.6 Å². The fourth-order valence-electron chi connectivity index (χ4n) is 1.98. The molecule has 2 rings (SSSR count). The van der Waals surface area contributed by atoms with Gasteiger partial charge >= 0.3 is 0 Å². The van der Waals surface area contributed by atoms with Gasteiger partial charge in [0.05, 0.1) is 4.47 Å². The highest BCUT2D eigenvalue weighted by Gasteiger charge is 2.18. The van der Waals surface area contributed by atoms with E-state index in [9.17, 15) is 4.79 Å². The fourth-order valence-corrected chi connectivity index (χ4v) is 2.42. The zero-order valence-corrected chi connectivity index (χ0v) is 14.9. The van der Waals surface area contributed by atoms with Crippen molar-refractivity contribution < 1.29 is 4.79 Å². The Kier molecular flexibility index (Phi) is 5.54. The number of aromatic amines is 1. The third-order valence-electron chi connectivity index (χ3n) is 3.55. The number of aryl methyl sites for hydroxylation is 1. The van der Waals surface area contributed by atoms with Gasteiger partial charge in [-0.25, -0.2) is 4.99 Å². The number of aromatic nitrogens is 2. The lowest BCUT2D eigenvalue weighted by Gasteiger charge is -2.10. The Hall–Kier alpha value is -2.15. The Bertz CT molecular complexity index is 738. The Morgan fingerprint density at radius 1 is 1.48 bits per heavy atom. The van der Waals surface area contributed by atoms with E-state index in [0.717, 1.165) is 17.5 Å². The number of amides is 1. The van der Waals surface area contributed by atoms with Gasteiger partial charge in [0.15, 0.2) is 5.82 Å². The third-order valence-corrected chi connectivity index (χ3v) is 4.30. The van der Waals surface area contributed by atoms with Crippen molar-refractivity contribution in [1.29, 1.82) is 0 Å². The summed E-state index contributed by atoms with van der Waals surface area (Å²) in [6, 6.07) is 7.78. The molecular weight excluding hydrogens is 358 g/mol. The summed E-state index contributed by atoms with van der Waals surface area (Å²) >= 11 is 3.37. The quantitative estimate of drug-likeness (QED) is 0.551. The molecule has 1 aromatic heterocycles. The maximum absolute atomic E-state index is 12.2. The number of nitrogens with two attached hydrogens (primary N) is 1. The number of H-pyrrole nitrogens is 1. The third kappa shape index (κ3) is 3.98. The Balaban J connectivity index is 2.27. The standard InChI is InChI=1S/C16H20BrN5O/c1-4-10(3)19-16(23)13-12(17)15(22-21-13)20-14(18)11-8-6-5-7-9(11)2/h5-8,10H,4H2,1-3H3,(H,19,23)(H3,18,20,21,22). The Morgan fingerprint density at radius 3 is 2.83 bits per heavy atom.